The number of carboxylic acid groups (broad SMARTS) is 1. The van der Waals surface area contributed by atoms with Crippen LogP contribution in [-0.4, -0.2) is 39.8 Å². The van der Waals surface area contributed by atoms with Crippen LogP contribution in [0.5, 0.6) is 0 Å². The average Bonchev–Trinajstić information content (AvgIpc) is 2.87. The Hall–Kier alpha value is -1.26. The molecule has 114 valence electrons. The lowest BCUT2D eigenvalue weighted by Crippen LogP contribution is -2.60. The van der Waals surface area contributed by atoms with Crippen LogP contribution in [0, 0.1) is 11.8 Å². The van der Waals surface area contributed by atoms with Gasteiger partial charge in [-0.15, -0.1) is 0 Å². The molecule has 2 saturated carbocycles. The number of carbonyl (C=O) groups excluding carboxylic acids is 1. The quantitative estimate of drug-likeness (QED) is 0.864. The largest absolute Gasteiger partial charge is 0.479 e. The number of fused-ring (bicyclic) bond motifs is 2. The van der Waals surface area contributed by atoms with Crippen molar-refractivity contribution in [3.8, 4) is 0 Å². The second-order valence-electron chi connectivity index (χ2n) is 7.03. The molecular formula is C15H25NO4. The van der Waals surface area contributed by atoms with E-state index in [2.05, 4.69) is 0 Å². The number of hydrogen-bond acceptors (Lipinski definition) is 3. The lowest BCUT2D eigenvalue weighted by molar-refractivity contribution is -0.155. The maximum atomic E-state index is 12.4. The fraction of sp³-hybridized carbons (Fsp3) is 0.867. The van der Waals surface area contributed by atoms with Crippen molar-refractivity contribution in [2.75, 3.05) is 6.54 Å². The first-order chi connectivity index (χ1) is 9.20. The molecule has 2 aliphatic carbocycles. The first kappa shape index (κ1) is 15.1. The first-order valence-electron chi connectivity index (χ1n) is 7.44. The standard InChI is InChI=1S/C15H25NO4/c1-5-16(13(19)20-14(2,3)4)15(12(17)18)9-10-6-7-11(15)8-10/h10-11H,5-9H2,1-4H3,(H,17,18). The van der Waals surface area contributed by atoms with Gasteiger partial charge in [0.1, 0.15) is 11.1 Å². The van der Waals surface area contributed by atoms with Gasteiger partial charge in [0.05, 0.1) is 0 Å². The molecule has 0 saturated heterocycles. The van der Waals surface area contributed by atoms with E-state index in [0.29, 0.717) is 18.9 Å². The lowest BCUT2D eigenvalue weighted by atomic mass is 9.79. The van der Waals surface area contributed by atoms with Crippen molar-refractivity contribution in [1.82, 2.24) is 4.90 Å². The second-order valence-corrected chi connectivity index (χ2v) is 7.03. The Morgan fingerprint density at radius 1 is 1.35 bits per heavy atom. The molecule has 0 heterocycles. The van der Waals surface area contributed by atoms with Crippen LogP contribution in [0.4, 0.5) is 4.79 Å². The van der Waals surface area contributed by atoms with E-state index in [0.717, 1.165) is 19.3 Å². The Kier molecular flexibility index (Phi) is 3.73. The van der Waals surface area contributed by atoms with E-state index >= 15 is 0 Å². The van der Waals surface area contributed by atoms with Gasteiger partial charge < -0.3 is 9.84 Å². The molecule has 2 bridgehead atoms. The van der Waals surface area contributed by atoms with Crippen molar-refractivity contribution in [2.24, 2.45) is 11.8 Å². The number of hydrogen-bond donors (Lipinski definition) is 1. The number of amides is 1. The Labute approximate surface area is 120 Å². The molecule has 1 amide bonds. The molecule has 2 aliphatic rings. The Morgan fingerprint density at radius 3 is 2.35 bits per heavy atom. The molecule has 3 atom stereocenters. The molecule has 0 radical (unpaired) electrons. The highest BCUT2D eigenvalue weighted by Crippen LogP contribution is 2.53. The Balaban J connectivity index is 2.28. The smallest absolute Gasteiger partial charge is 0.411 e. The molecule has 2 fully saturated rings. The summed E-state index contributed by atoms with van der Waals surface area (Å²) >= 11 is 0. The molecule has 5 nitrogen and oxygen atoms in total. The van der Waals surface area contributed by atoms with Crippen LogP contribution in [0.2, 0.25) is 0 Å². The average molecular weight is 283 g/mol. The predicted molar refractivity (Wildman–Crippen MR) is 74.4 cm³/mol. The fourth-order valence-corrected chi connectivity index (χ4v) is 3.90. The summed E-state index contributed by atoms with van der Waals surface area (Å²) in [6.07, 6.45) is 2.98. The molecule has 0 aromatic rings. The summed E-state index contributed by atoms with van der Waals surface area (Å²) < 4.78 is 5.41. The van der Waals surface area contributed by atoms with Crippen LogP contribution in [0.15, 0.2) is 0 Å². The van der Waals surface area contributed by atoms with Crippen molar-refractivity contribution in [3.05, 3.63) is 0 Å². The maximum absolute atomic E-state index is 12.4. The summed E-state index contributed by atoms with van der Waals surface area (Å²) in [7, 11) is 0. The summed E-state index contributed by atoms with van der Waals surface area (Å²) in [5, 5.41) is 9.79. The summed E-state index contributed by atoms with van der Waals surface area (Å²) in [6.45, 7) is 7.58. The lowest BCUT2D eigenvalue weighted by Gasteiger charge is -2.43. The van der Waals surface area contributed by atoms with E-state index in [9.17, 15) is 14.7 Å². The van der Waals surface area contributed by atoms with E-state index in [4.69, 9.17) is 4.74 Å². The minimum absolute atomic E-state index is 0.0671. The van der Waals surface area contributed by atoms with E-state index in [1.165, 1.54) is 4.90 Å². The minimum atomic E-state index is -1.06. The SMILES string of the molecule is CCN(C(=O)OC(C)(C)C)C1(C(=O)O)CC2CCC1C2. The zero-order chi connectivity index (χ0) is 15.1. The van der Waals surface area contributed by atoms with Crippen molar-refractivity contribution >= 4 is 12.1 Å². The molecule has 0 aromatic carbocycles. The number of carboxylic acids is 1. The van der Waals surface area contributed by atoms with Gasteiger partial charge in [0.25, 0.3) is 0 Å². The molecule has 0 spiro atoms. The van der Waals surface area contributed by atoms with Crippen molar-refractivity contribution < 1.29 is 19.4 Å². The molecular weight excluding hydrogens is 258 g/mol. The molecule has 0 aromatic heterocycles. The molecule has 3 unspecified atom stereocenters. The zero-order valence-electron chi connectivity index (χ0n) is 12.8. The van der Waals surface area contributed by atoms with E-state index in [1.54, 1.807) is 20.8 Å². The highest BCUT2D eigenvalue weighted by atomic mass is 16.6. The van der Waals surface area contributed by atoms with Gasteiger partial charge in [-0.1, -0.05) is 0 Å². The third-order valence-corrected chi connectivity index (χ3v) is 4.60. The van der Waals surface area contributed by atoms with Gasteiger partial charge in [-0.25, -0.2) is 9.59 Å². The van der Waals surface area contributed by atoms with Gasteiger partial charge >= 0.3 is 12.1 Å². The van der Waals surface area contributed by atoms with Gasteiger partial charge in [0.15, 0.2) is 0 Å². The van der Waals surface area contributed by atoms with Gasteiger partial charge in [-0.3, -0.25) is 4.90 Å². The third kappa shape index (κ3) is 2.38. The van der Waals surface area contributed by atoms with Crippen LogP contribution in [0.1, 0.15) is 53.4 Å². The summed E-state index contributed by atoms with van der Waals surface area (Å²) in [6, 6.07) is 0. The van der Waals surface area contributed by atoms with Crippen molar-refractivity contribution in [2.45, 2.75) is 64.5 Å². The Morgan fingerprint density at radius 2 is 2.00 bits per heavy atom. The number of aliphatic carboxylic acids is 1. The second kappa shape index (κ2) is 4.93. The monoisotopic (exact) mass is 283 g/mol. The first-order valence-corrected chi connectivity index (χ1v) is 7.44. The highest BCUT2D eigenvalue weighted by molar-refractivity contribution is 5.85. The van der Waals surface area contributed by atoms with Gasteiger partial charge in [0.2, 0.25) is 0 Å². The normalized spacial score (nSPS) is 32.2. The summed E-state index contributed by atoms with van der Waals surface area (Å²) in [5.41, 5.74) is -1.66. The topological polar surface area (TPSA) is 66.8 Å². The van der Waals surface area contributed by atoms with Crippen LogP contribution >= 0.6 is 0 Å². The Bertz CT molecular complexity index is 415. The van der Waals surface area contributed by atoms with E-state index in [1.807, 2.05) is 6.92 Å². The van der Waals surface area contributed by atoms with Gasteiger partial charge in [0, 0.05) is 6.54 Å². The van der Waals surface area contributed by atoms with Crippen LogP contribution in [-0.2, 0) is 9.53 Å². The molecule has 5 heteroatoms. The third-order valence-electron chi connectivity index (χ3n) is 4.60. The zero-order valence-corrected chi connectivity index (χ0v) is 12.8. The molecule has 1 N–H and O–H groups in total. The predicted octanol–water partition coefficient (Wildman–Crippen LogP) is 2.89. The molecule has 0 aliphatic heterocycles. The summed E-state index contributed by atoms with van der Waals surface area (Å²) in [5.74, 6) is -0.373. The highest BCUT2D eigenvalue weighted by Gasteiger charge is 2.60. The van der Waals surface area contributed by atoms with E-state index in [-0.39, 0.29) is 5.92 Å². The van der Waals surface area contributed by atoms with Gasteiger partial charge in [-0.2, -0.15) is 0 Å². The minimum Gasteiger partial charge on any atom is -0.479 e. The fourth-order valence-electron chi connectivity index (χ4n) is 3.90. The summed E-state index contributed by atoms with van der Waals surface area (Å²) in [4.78, 5) is 25.8. The number of ether oxygens (including phenoxy) is 1. The van der Waals surface area contributed by atoms with Crippen LogP contribution < -0.4 is 0 Å². The van der Waals surface area contributed by atoms with Crippen LogP contribution in [0.25, 0.3) is 0 Å². The molecule has 20 heavy (non-hydrogen) atoms. The number of nitrogens with zero attached hydrogens (tertiary/aromatic N) is 1. The molecule has 2 rings (SSSR count). The number of rotatable bonds is 3. The van der Waals surface area contributed by atoms with E-state index < -0.39 is 23.2 Å². The van der Waals surface area contributed by atoms with Crippen LogP contribution in [0.3, 0.4) is 0 Å². The van der Waals surface area contributed by atoms with Crippen molar-refractivity contribution in [1.29, 1.82) is 0 Å². The number of carbonyl (C=O) groups is 2. The van der Waals surface area contributed by atoms with Crippen molar-refractivity contribution in [3.63, 3.8) is 0 Å². The maximum Gasteiger partial charge on any atom is 0.411 e. The van der Waals surface area contributed by atoms with Gasteiger partial charge in [-0.05, 0) is 65.2 Å². The number of likely N-dealkylation sites (N-methyl/N-ethyl adjacent to an activating group) is 1.